The molecule has 0 spiro atoms. The first-order valence-electron chi connectivity index (χ1n) is 29.8. The molecular formula is C60H69N11O24S2. The van der Waals surface area contributed by atoms with E-state index in [0.29, 0.717) is 15.0 Å². The van der Waals surface area contributed by atoms with Crippen LogP contribution in [0.4, 0.5) is 0 Å². The first-order valence-corrected chi connectivity index (χ1v) is 32.0. The fraction of sp³-hybridized carbons (Fsp3) is 0.417. The predicted octanol–water partition coefficient (Wildman–Crippen LogP) is -1.85. The summed E-state index contributed by atoms with van der Waals surface area (Å²) in [6.07, 6.45) is 8.29. The second-order valence-electron chi connectivity index (χ2n) is 20.4. The van der Waals surface area contributed by atoms with Crippen LogP contribution in [0.15, 0.2) is 90.1 Å². The number of rotatable bonds is 37. The van der Waals surface area contributed by atoms with Crippen molar-refractivity contribution in [2.24, 2.45) is 0 Å². The third-order valence-corrected chi connectivity index (χ3v) is 16.1. The van der Waals surface area contributed by atoms with Crippen molar-refractivity contribution in [2.75, 3.05) is 98.5 Å². The molecule has 35 nitrogen and oxygen atoms in total. The Morgan fingerprint density at radius 1 is 0.526 bits per heavy atom. The van der Waals surface area contributed by atoms with Gasteiger partial charge in [-0.2, -0.15) is 0 Å². The van der Waals surface area contributed by atoms with E-state index in [1.165, 1.54) is 4.90 Å². The average molecular weight is 1390 g/mol. The molecule has 1 unspecified atom stereocenters. The lowest BCUT2D eigenvalue weighted by atomic mass is 10.1. The van der Waals surface area contributed by atoms with Crippen LogP contribution in [0.5, 0.6) is 0 Å². The minimum atomic E-state index is -1.26. The van der Waals surface area contributed by atoms with Gasteiger partial charge in [-0.1, -0.05) is 29.0 Å². The number of aliphatic carboxylic acids is 1. The molecule has 520 valence electrons. The van der Waals surface area contributed by atoms with Crippen LogP contribution in [0.3, 0.4) is 0 Å². The highest BCUT2D eigenvalue weighted by Gasteiger charge is 2.36. The first-order chi connectivity index (χ1) is 46.4. The second kappa shape index (κ2) is 40.8. The zero-order valence-electron chi connectivity index (χ0n) is 52.2. The zero-order valence-corrected chi connectivity index (χ0v) is 53.8. The third kappa shape index (κ3) is 27.5. The molecule has 1 aromatic carbocycles. The van der Waals surface area contributed by atoms with E-state index in [2.05, 4.69) is 38.0 Å². The number of hydrogen-bond donors (Lipinski definition) is 5. The van der Waals surface area contributed by atoms with Crippen LogP contribution in [0, 0.1) is 0 Å². The summed E-state index contributed by atoms with van der Waals surface area (Å²) in [5.41, 5.74) is 1.33. The molecule has 97 heavy (non-hydrogen) atoms. The third-order valence-electron chi connectivity index (χ3n) is 13.3. The number of imide groups is 5. The molecule has 2 aromatic rings. The Labute approximate surface area is 560 Å². The summed E-state index contributed by atoms with van der Waals surface area (Å²) >= 11 is 0. The van der Waals surface area contributed by atoms with E-state index in [0.717, 1.165) is 56.8 Å². The van der Waals surface area contributed by atoms with Crippen molar-refractivity contribution in [1.82, 2.24) is 56.0 Å². The largest absolute Gasteiger partial charge is 0.480 e. The Morgan fingerprint density at radius 3 is 1.40 bits per heavy atom. The molecule has 2 saturated heterocycles. The summed E-state index contributed by atoms with van der Waals surface area (Å²) in [6.45, 7) is 0.916. The number of carboxylic acid groups (broad SMARTS) is 1. The van der Waals surface area contributed by atoms with Crippen LogP contribution in [0.25, 0.3) is 0 Å². The van der Waals surface area contributed by atoms with Gasteiger partial charge in [0.25, 0.3) is 59.1 Å². The molecule has 2 fully saturated rings. The number of ether oxygens (including phenoxy) is 3. The maximum Gasteiger partial charge on any atom is 0.363 e. The minimum absolute atomic E-state index is 0.0126. The quantitative estimate of drug-likeness (QED) is 0.0281. The Kier molecular flexibility index (Phi) is 32.5. The molecule has 0 bridgehead atoms. The van der Waals surface area contributed by atoms with Gasteiger partial charge in [-0.15, -0.1) is 10.1 Å². The Bertz CT molecular complexity index is 3210. The zero-order chi connectivity index (χ0) is 70.8. The molecule has 0 saturated carbocycles. The minimum Gasteiger partial charge on any atom is -0.480 e. The maximum absolute atomic E-state index is 12.6. The Morgan fingerprint density at radius 2 is 0.959 bits per heavy atom. The predicted molar refractivity (Wildman–Crippen MR) is 331 cm³/mol. The van der Waals surface area contributed by atoms with Gasteiger partial charge in [-0.3, -0.25) is 86.6 Å². The van der Waals surface area contributed by atoms with Crippen molar-refractivity contribution in [2.45, 2.75) is 68.6 Å². The summed E-state index contributed by atoms with van der Waals surface area (Å²) < 4.78 is 15.5. The van der Waals surface area contributed by atoms with Crippen molar-refractivity contribution in [1.29, 1.82) is 0 Å². The van der Waals surface area contributed by atoms with Crippen molar-refractivity contribution in [3.63, 3.8) is 0 Å². The van der Waals surface area contributed by atoms with Crippen LogP contribution in [-0.2, 0) is 105 Å². The number of hydrogen-bond acceptors (Lipinski definition) is 26. The smallest absolute Gasteiger partial charge is 0.363 e. The van der Waals surface area contributed by atoms with Gasteiger partial charge in [0, 0.05) is 152 Å². The maximum atomic E-state index is 12.6. The van der Waals surface area contributed by atoms with Crippen molar-refractivity contribution in [3.05, 3.63) is 96.2 Å². The van der Waals surface area contributed by atoms with Crippen LogP contribution in [-0.4, -0.2) is 245 Å². The van der Waals surface area contributed by atoms with Crippen LogP contribution in [0.1, 0.15) is 79.5 Å². The average Bonchev–Trinajstić information content (AvgIpc) is 1.83. The highest BCUT2D eigenvalue weighted by molar-refractivity contribution is 8.76. The lowest BCUT2D eigenvalue weighted by Gasteiger charge is -2.23. The Balaban J connectivity index is 0.000000313. The fourth-order valence-electron chi connectivity index (χ4n) is 8.24. The number of carbonyl (C=O) groups excluding carboxylic acids is 17. The topological polar surface area (TPSA) is 454 Å². The molecule has 1 atom stereocenters. The van der Waals surface area contributed by atoms with Crippen molar-refractivity contribution < 1.29 is 115 Å². The molecule has 5 aliphatic rings. The summed E-state index contributed by atoms with van der Waals surface area (Å²) in [5.74, 6) is -10.4. The summed E-state index contributed by atoms with van der Waals surface area (Å²) in [7, 11) is 3.25. The molecule has 0 radical (unpaired) electrons. The monoisotopic (exact) mass is 1390 g/mol. The van der Waals surface area contributed by atoms with Crippen molar-refractivity contribution in [3.8, 4) is 0 Å². The van der Waals surface area contributed by atoms with Crippen LogP contribution in [0.2, 0.25) is 0 Å². The van der Waals surface area contributed by atoms with Gasteiger partial charge < -0.3 is 55.2 Å². The number of aromatic nitrogens is 1. The highest BCUT2D eigenvalue weighted by atomic mass is 33.1. The van der Waals surface area contributed by atoms with E-state index in [-0.39, 0.29) is 165 Å². The SMILES string of the molecule is CC(SSc1ccccn1)c1ccc(C(=O)ON2C(=O)CCC2=O)cc1.O=C(CN1C(=O)C=CC1=O)ON1C(=O)CCC1=O.O=C(O)COCC(=O)N(CCNC(=O)CCOCCNC(=O)CCN1C(=O)C=CC1=O)CCNC(=O)CCOCCNC(=O)CCN1C(=O)C=CC1=O. The van der Waals surface area contributed by atoms with Gasteiger partial charge in [0.1, 0.15) is 24.8 Å². The van der Waals surface area contributed by atoms with Gasteiger partial charge >= 0.3 is 17.9 Å². The van der Waals surface area contributed by atoms with E-state index in [1.807, 2.05) is 30.3 Å². The number of benzene rings is 1. The number of nitrogens with one attached hydrogen (secondary N) is 4. The number of nitrogens with zero attached hydrogens (tertiary/aromatic N) is 7. The normalized spacial score (nSPS) is 15.0. The molecule has 7 rings (SSSR count). The number of amides is 15. The number of hydroxylamine groups is 4. The van der Waals surface area contributed by atoms with Gasteiger partial charge in [-0.05, 0) is 47.5 Å². The van der Waals surface area contributed by atoms with Crippen LogP contribution < -0.4 is 21.3 Å². The number of carbonyl (C=O) groups is 18. The standard InChI is InChI=1S/C32H45N7O14.C18H16N2O4S2.C10H8N2O6/c40-23(5-13-38-27(44)1-2-28(38)45)35-11-19-51-17-7-25(42)33-9-15-37(31(48)21-53-22-32(49)50)16-10-34-26(43)8-18-52-20-12-36-24(41)6-14-39-29(46)3-4-30(39)47;1-12(25-26-15-4-2-3-11-19-15)13-5-7-14(8-6-13)18(23)24-20-16(21)9-10-17(20)22;13-6-1-2-7(14)11(6)5-10(17)18-12-8(15)3-4-9(12)16/h1-4H,5-22H2,(H,33,42)(H,34,43)(H,35,40)(H,36,41)(H,49,50);2-8,11-12H,9-10H2,1H3;1-2H,3-5H2. The second-order valence-corrected chi connectivity index (χ2v) is 23.0. The van der Waals surface area contributed by atoms with Crippen molar-refractivity contribution >= 4 is 128 Å². The molecule has 15 amide bonds. The van der Waals surface area contributed by atoms with Gasteiger partial charge in [0.05, 0.1) is 32.0 Å². The first kappa shape index (κ1) is 77.3. The molecule has 5 aliphatic heterocycles. The number of carboxylic acids is 1. The summed E-state index contributed by atoms with van der Waals surface area (Å²) in [5, 5.41) is 21.2. The molecule has 1 aromatic heterocycles. The molecule has 6 heterocycles. The van der Waals surface area contributed by atoms with E-state index in [4.69, 9.17) is 24.2 Å². The van der Waals surface area contributed by atoms with E-state index < -0.39 is 103 Å². The van der Waals surface area contributed by atoms with Crippen LogP contribution >= 0.6 is 21.6 Å². The van der Waals surface area contributed by atoms with E-state index in [1.54, 1.807) is 39.9 Å². The fourth-order valence-corrected chi connectivity index (χ4v) is 10.3. The summed E-state index contributed by atoms with van der Waals surface area (Å²) in [6, 6.07) is 12.7. The number of pyridine rings is 1. The molecular weight excluding hydrogens is 1320 g/mol. The lowest BCUT2D eigenvalue weighted by Crippen LogP contribution is -2.44. The summed E-state index contributed by atoms with van der Waals surface area (Å²) in [4.78, 5) is 226. The lowest BCUT2D eigenvalue weighted by molar-refractivity contribution is -0.198. The van der Waals surface area contributed by atoms with E-state index in [9.17, 15) is 86.3 Å². The van der Waals surface area contributed by atoms with Gasteiger partial charge in [0.15, 0.2) is 0 Å². The van der Waals surface area contributed by atoms with E-state index >= 15 is 0 Å². The molecule has 37 heteroatoms. The van der Waals surface area contributed by atoms with Gasteiger partial charge in [-0.25, -0.2) is 19.4 Å². The van der Waals surface area contributed by atoms with Gasteiger partial charge in [0.2, 0.25) is 29.5 Å². The molecule has 5 N–H and O–H groups in total. The Hall–Kier alpha value is -10.4. The molecule has 0 aliphatic carbocycles. The highest BCUT2D eigenvalue weighted by Crippen LogP contribution is 2.41.